The molecule has 0 spiro atoms. The van der Waals surface area contributed by atoms with E-state index in [1.165, 1.54) is 250 Å². The van der Waals surface area contributed by atoms with Gasteiger partial charge in [-0.15, -0.1) is 0 Å². The quantitative estimate of drug-likeness (QED) is 0.0446. The zero-order chi connectivity index (χ0) is 54.9. The molecule has 0 bridgehead atoms. The molecule has 0 saturated heterocycles. The summed E-state index contributed by atoms with van der Waals surface area (Å²) in [6.07, 6.45) is 60.7. The number of carbonyl (C=O) groups is 3. The minimum Gasteiger partial charge on any atom is -0.465 e. The predicted octanol–water partition coefficient (Wildman–Crippen LogP) is 21.1. The van der Waals surface area contributed by atoms with Gasteiger partial charge >= 0.3 is 11.9 Å². The van der Waals surface area contributed by atoms with Crippen molar-refractivity contribution in [3.8, 4) is 0 Å². The van der Waals surface area contributed by atoms with Crippen LogP contribution >= 0.6 is 0 Å². The maximum Gasteiger partial charge on any atom is 0.305 e. The lowest BCUT2D eigenvalue weighted by Gasteiger charge is -2.33. The van der Waals surface area contributed by atoms with E-state index in [-0.39, 0.29) is 11.9 Å². The molecule has 0 radical (unpaired) electrons. The molecular formula is C68H134N2O5. The lowest BCUT2D eigenvalue weighted by Crippen LogP contribution is -2.41. The van der Waals surface area contributed by atoms with Crippen molar-refractivity contribution in [1.29, 1.82) is 0 Å². The minimum atomic E-state index is 0.00738. The van der Waals surface area contributed by atoms with Crippen LogP contribution in [0.15, 0.2) is 0 Å². The van der Waals surface area contributed by atoms with Gasteiger partial charge in [0, 0.05) is 31.8 Å². The van der Waals surface area contributed by atoms with Crippen LogP contribution < -0.4 is 0 Å². The molecule has 75 heavy (non-hydrogen) atoms. The predicted molar refractivity (Wildman–Crippen MR) is 327 cm³/mol. The number of esters is 2. The Bertz CT molecular complexity index is 1130. The molecule has 0 heterocycles. The molecule has 1 amide bonds. The fourth-order valence-electron chi connectivity index (χ4n) is 11.3. The Morgan fingerprint density at radius 1 is 0.307 bits per heavy atom. The van der Waals surface area contributed by atoms with Crippen LogP contribution in [0.2, 0.25) is 0 Å². The number of rotatable bonds is 61. The van der Waals surface area contributed by atoms with Crippen LogP contribution in [0.5, 0.6) is 0 Å². The molecule has 0 N–H and O–H groups in total. The van der Waals surface area contributed by atoms with Crippen molar-refractivity contribution in [2.45, 2.75) is 368 Å². The molecule has 0 aliphatic carbocycles. The van der Waals surface area contributed by atoms with Crippen LogP contribution in [0.1, 0.15) is 362 Å². The van der Waals surface area contributed by atoms with E-state index in [9.17, 15) is 14.4 Å². The van der Waals surface area contributed by atoms with Crippen LogP contribution in [-0.4, -0.2) is 74.1 Å². The number of ether oxygens (including phenoxy) is 2. The van der Waals surface area contributed by atoms with Crippen molar-refractivity contribution in [3.63, 3.8) is 0 Å². The van der Waals surface area contributed by atoms with Gasteiger partial charge in [-0.05, 0) is 103 Å². The molecule has 0 aliphatic rings. The smallest absolute Gasteiger partial charge is 0.305 e. The van der Waals surface area contributed by atoms with E-state index < -0.39 is 0 Å². The summed E-state index contributed by atoms with van der Waals surface area (Å²) in [7, 11) is 4.26. The molecule has 7 nitrogen and oxygen atoms in total. The van der Waals surface area contributed by atoms with Gasteiger partial charge in [0.25, 0.3) is 0 Å². The van der Waals surface area contributed by atoms with E-state index >= 15 is 0 Å². The van der Waals surface area contributed by atoms with Gasteiger partial charge in [-0.3, -0.25) is 14.4 Å². The van der Waals surface area contributed by atoms with E-state index in [1.54, 1.807) is 0 Å². The van der Waals surface area contributed by atoms with Gasteiger partial charge in [0.2, 0.25) is 5.91 Å². The van der Waals surface area contributed by atoms with Crippen molar-refractivity contribution < 1.29 is 23.9 Å². The highest BCUT2D eigenvalue weighted by molar-refractivity contribution is 5.76. The highest BCUT2D eigenvalue weighted by atomic mass is 16.5. The maximum atomic E-state index is 14.1. The van der Waals surface area contributed by atoms with Crippen molar-refractivity contribution >= 4 is 17.8 Å². The normalized spacial score (nSPS) is 12.9. The maximum absolute atomic E-state index is 14.1. The Morgan fingerprint density at radius 2 is 0.573 bits per heavy atom. The Morgan fingerprint density at radius 3 is 0.920 bits per heavy atom. The van der Waals surface area contributed by atoms with Crippen LogP contribution in [-0.2, 0) is 23.9 Å². The third-order valence-corrected chi connectivity index (χ3v) is 16.4. The number of hydrogen-bond acceptors (Lipinski definition) is 6. The van der Waals surface area contributed by atoms with Gasteiger partial charge in [0.1, 0.15) is 0 Å². The van der Waals surface area contributed by atoms with Crippen molar-refractivity contribution in [2.24, 2.45) is 11.8 Å². The van der Waals surface area contributed by atoms with Gasteiger partial charge < -0.3 is 19.3 Å². The summed E-state index contributed by atoms with van der Waals surface area (Å²) in [5, 5.41) is 0. The zero-order valence-corrected chi connectivity index (χ0v) is 52.1. The first kappa shape index (κ1) is 73.4. The minimum absolute atomic E-state index is 0.00738. The summed E-state index contributed by atoms with van der Waals surface area (Å²) < 4.78 is 11.8. The number of unbranched alkanes of at least 4 members (excludes halogenated alkanes) is 34. The monoisotopic (exact) mass is 1060 g/mol. The first-order valence-corrected chi connectivity index (χ1v) is 34.0. The lowest BCUT2D eigenvalue weighted by molar-refractivity contribution is -0.146. The van der Waals surface area contributed by atoms with E-state index in [0.717, 1.165) is 70.9 Å². The van der Waals surface area contributed by atoms with Crippen molar-refractivity contribution in [1.82, 2.24) is 9.80 Å². The SMILES string of the molecule is CCCCCCCCCCN(C(=O)CCCCN(C)C)C(CCCCCCCCC(=O)OCC(CCCCCC)CCCCCCCC)CCCCCCCCC(=O)OCC(CCCCCC)CCCCCCCC. The molecule has 0 rings (SSSR count). The Kier molecular flexibility index (Phi) is 57.2. The standard InChI is InChI=1S/C68H134N2O5/c1-8-13-18-23-26-31-38-48-60-70(66(71)56-47-49-59-69(6)7)65(54-43-34-27-29-36-45-57-67(72)74-61-63(50-39-21-16-11-4)52-41-32-24-19-14-9-2)55-44-35-28-30-37-46-58-68(73)75-62-64(51-40-22-17-12-5)53-42-33-25-20-15-10-3/h63-65H,8-62H2,1-7H3. The molecule has 0 saturated carbocycles. The Balaban J connectivity index is 5.17. The summed E-state index contributed by atoms with van der Waals surface area (Å²) in [5.41, 5.74) is 0. The number of nitrogens with zero attached hydrogens (tertiary/aromatic N) is 2. The summed E-state index contributed by atoms with van der Waals surface area (Å²) in [6.45, 7) is 14.6. The van der Waals surface area contributed by atoms with Crippen LogP contribution in [0.3, 0.4) is 0 Å². The highest BCUT2D eigenvalue weighted by Crippen LogP contribution is 2.25. The largest absolute Gasteiger partial charge is 0.465 e. The second-order valence-electron chi connectivity index (χ2n) is 24.2. The van der Waals surface area contributed by atoms with E-state index in [2.05, 4.69) is 58.5 Å². The molecule has 0 aromatic carbocycles. The topological polar surface area (TPSA) is 76.2 Å². The molecular weight excluding hydrogens is 925 g/mol. The molecule has 0 aromatic rings. The summed E-state index contributed by atoms with van der Waals surface area (Å²) >= 11 is 0. The van der Waals surface area contributed by atoms with Crippen LogP contribution in [0, 0.1) is 11.8 Å². The van der Waals surface area contributed by atoms with Crippen LogP contribution in [0.25, 0.3) is 0 Å². The molecule has 0 aliphatic heterocycles. The van der Waals surface area contributed by atoms with Gasteiger partial charge in [-0.25, -0.2) is 0 Å². The summed E-state index contributed by atoms with van der Waals surface area (Å²) in [4.78, 5) is 44.4. The van der Waals surface area contributed by atoms with Crippen molar-refractivity contribution in [2.75, 3.05) is 40.4 Å². The highest BCUT2D eigenvalue weighted by Gasteiger charge is 2.23. The average Bonchev–Trinajstić information content (AvgIpc) is 3.40. The lowest BCUT2D eigenvalue weighted by atomic mass is 9.95. The first-order valence-electron chi connectivity index (χ1n) is 34.0. The fourth-order valence-corrected chi connectivity index (χ4v) is 11.3. The Hall–Kier alpha value is -1.63. The molecule has 2 unspecified atom stereocenters. The third-order valence-electron chi connectivity index (χ3n) is 16.4. The average molecular weight is 1060 g/mol. The van der Waals surface area contributed by atoms with E-state index in [0.29, 0.717) is 56.3 Å². The number of amides is 1. The fraction of sp³-hybridized carbons (Fsp3) is 0.956. The molecule has 2 atom stereocenters. The van der Waals surface area contributed by atoms with Gasteiger partial charge in [-0.2, -0.15) is 0 Å². The van der Waals surface area contributed by atoms with Crippen molar-refractivity contribution in [3.05, 3.63) is 0 Å². The summed E-state index contributed by atoms with van der Waals surface area (Å²) in [6, 6.07) is 0.327. The third kappa shape index (κ3) is 51.6. The van der Waals surface area contributed by atoms with Crippen LogP contribution in [0.4, 0.5) is 0 Å². The zero-order valence-electron chi connectivity index (χ0n) is 52.1. The summed E-state index contributed by atoms with van der Waals surface area (Å²) in [5.74, 6) is 1.45. The second-order valence-corrected chi connectivity index (χ2v) is 24.2. The Labute approximate surface area is 469 Å². The van der Waals surface area contributed by atoms with Gasteiger partial charge in [0.05, 0.1) is 13.2 Å². The van der Waals surface area contributed by atoms with E-state index in [1.807, 2.05) is 0 Å². The number of hydrogen-bond donors (Lipinski definition) is 0. The van der Waals surface area contributed by atoms with Gasteiger partial charge in [0.15, 0.2) is 0 Å². The molecule has 0 aromatic heterocycles. The first-order chi connectivity index (χ1) is 36.7. The van der Waals surface area contributed by atoms with Gasteiger partial charge in [-0.1, -0.05) is 272 Å². The molecule has 7 heteroatoms. The van der Waals surface area contributed by atoms with E-state index in [4.69, 9.17) is 9.47 Å². The molecule has 446 valence electrons. The second kappa shape index (κ2) is 58.5. The molecule has 0 fully saturated rings. The number of carbonyl (C=O) groups excluding carboxylic acids is 3.